The molecule has 1 heterocycles. The molecule has 0 fully saturated rings. The van der Waals surface area contributed by atoms with Crippen LogP contribution < -0.4 is 43.8 Å². The highest BCUT2D eigenvalue weighted by molar-refractivity contribution is 7.98. The number of fused-ring (bicyclic) bond motifs is 1. The van der Waals surface area contributed by atoms with Gasteiger partial charge in [-0.2, -0.15) is 45.7 Å². The fourth-order valence-electron chi connectivity index (χ4n) is 11.5. The number of phenols is 1. The molecule has 3 aromatic carbocycles. The zero-order valence-electron chi connectivity index (χ0n) is 63.6. The fourth-order valence-corrected chi connectivity index (χ4v) is 12.8. The van der Waals surface area contributed by atoms with Crippen molar-refractivity contribution in [3.05, 3.63) is 102 Å². The number of primary amides is 2. The van der Waals surface area contributed by atoms with Gasteiger partial charge in [-0.1, -0.05) is 67.6 Å². The third-order valence-corrected chi connectivity index (χ3v) is 19.5. The Labute approximate surface area is 668 Å². The molecule has 0 aliphatic carbocycles. The number of carbonyl (C=O) groups is 15. The summed E-state index contributed by atoms with van der Waals surface area (Å²) in [5, 5.41) is 43.4. The van der Waals surface area contributed by atoms with Crippen LogP contribution in [0.5, 0.6) is 5.75 Å². The van der Waals surface area contributed by atoms with Gasteiger partial charge in [0.15, 0.2) is 23.1 Å². The van der Waals surface area contributed by atoms with Crippen molar-refractivity contribution in [3.8, 4) is 5.75 Å². The van der Waals surface area contributed by atoms with Gasteiger partial charge in [0.25, 0.3) is 0 Å². The molecule has 0 aliphatic rings. The number of ketones is 6. The zero-order chi connectivity index (χ0) is 83.8. The highest BCUT2D eigenvalue weighted by Gasteiger charge is 2.36. The lowest BCUT2D eigenvalue weighted by Gasteiger charge is -2.24. The number of nitrogens with one attached hydrogen (secondary N) is 6. The SMILES string of the molecule is CSCC[C@H](CC(=O)[C@H](Cc1c[nH]c2ccccc12)NC(=O)CCC(=O)[C@H](CCSC)NC(=O)[C@@H](CC(=O)[C@H](CC(=O)O)NC(=O)CCOCCOCCOCCOCCC(=O)CC[C@H](N)C(=O)C[C@@H](C)C(=O)N[C@@H](CS)C(N)=O)Cc1ccc(O)cc1)C(=O)N[C@@H](CC(=O)O)C(=O)C[C@@H](Cc1ccccc1)C(N)=O.O=C=O. The number of carboxylic acids is 2. The summed E-state index contributed by atoms with van der Waals surface area (Å²) in [6.45, 7) is 2.39. The van der Waals surface area contributed by atoms with E-state index >= 15 is 0 Å². The zero-order valence-corrected chi connectivity index (χ0v) is 66.1. The summed E-state index contributed by atoms with van der Waals surface area (Å²) in [7, 11) is 0. The Balaban J connectivity index is 0.0000108. The minimum absolute atomic E-state index is 0.00491. The molecule has 15 N–H and O–H groups in total. The molecule has 0 unspecified atom stereocenters. The number of ether oxygens (including phenoxy) is 4. The van der Waals surface area contributed by atoms with Crippen LogP contribution in [-0.2, 0) is 120 Å². The van der Waals surface area contributed by atoms with E-state index in [1.54, 1.807) is 61.2 Å². The van der Waals surface area contributed by atoms with Crippen molar-refractivity contribution in [2.45, 2.75) is 152 Å². The van der Waals surface area contributed by atoms with Crippen molar-refractivity contribution in [1.29, 1.82) is 0 Å². The predicted octanol–water partition coefficient (Wildman–Crippen LogP) is 2.29. The second-order valence-electron chi connectivity index (χ2n) is 26.7. The van der Waals surface area contributed by atoms with Gasteiger partial charge < -0.3 is 83.0 Å². The van der Waals surface area contributed by atoms with Gasteiger partial charge in [-0.15, -0.1) is 0 Å². The van der Waals surface area contributed by atoms with Crippen LogP contribution in [0, 0.1) is 23.7 Å². The number of aliphatic carboxylic acids is 2. The van der Waals surface area contributed by atoms with Gasteiger partial charge in [-0.05, 0) is 91.0 Å². The maximum absolute atomic E-state index is 14.7. The minimum atomic E-state index is -1.60. The number of thioether (sulfide) groups is 2. The smallest absolute Gasteiger partial charge is 0.373 e. The van der Waals surface area contributed by atoms with Gasteiger partial charge in [0, 0.05) is 111 Å². The first-order valence-corrected chi connectivity index (χ1v) is 40.0. The molecule has 0 aliphatic heterocycles. The van der Waals surface area contributed by atoms with E-state index in [2.05, 4.69) is 44.2 Å². The molecule has 0 spiro atoms. The molecule has 0 bridgehead atoms. The lowest BCUT2D eigenvalue weighted by atomic mass is 9.89. The van der Waals surface area contributed by atoms with Crippen LogP contribution in [0.1, 0.15) is 114 Å². The van der Waals surface area contributed by atoms with E-state index in [0.29, 0.717) is 28.2 Å². The standard InChI is InChI=1S/C76H105N9O22S3.CO2/c1-46(74(101)85-62(45-108)73(79)100)35-64(89)56(77)18-17-54(87)21-25-104-27-29-106-31-32-107-30-28-105-26-22-69(94)82-60(42-70(95)96)67(92)41-51(37-48-13-15-53(86)16-14-48)76(103)83-58(24-34-110-3)63(88)19-20-68(93)81-59(38-52-44-80-57-12-8-7-11-55(52)57)65(90)39-49(23-33-109-2)75(102)84-61(43-71(97)98)66(91)40-50(72(78)99)36-47-9-5-4-6-10-47;2-1-3/h4-16,44,46,49-51,56,58-62,80,86,108H,17-43,45,77H2,1-3H3,(H2,78,99)(H2,79,100)(H,81,93)(H,82,94)(H,83,103)(H,84,102)(H,85,101)(H,95,96)(H,97,98);/t46-,49-,50-,51-,56+,58+,59+,60+,61+,62+;/m1./s1. The number of para-hydroxylation sites is 1. The molecule has 113 heavy (non-hydrogen) atoms. The average molecular weight is 1640 g/mol. The van der Waals surface area contributed by atoms with Crippen LogP contribution in [0.15, 0.2) is 85.1 Å². The number of hydrogen-bond donors (Lipinski definition) is 13. The van der Waals surface area contributed by atoms with E-state index < -0.39 is 187 Å². The molecule has 0 radical (unpaired) electrons. The minimum Gasteiger partial charge on any atom is -0.508 e. The summed E-state index contributed by atoms with van der Waals surface area (Å²) in [6, 6.07) is 14.0. The molecule has 7 amide bonds. The van der Waals surface area contributed by atoms with Crippen molar-refractivity contribution < 1.29 is 116 Å². The number of nitrogens with two attached hydrogens (primary N) is 3. The molecule has 0 saturated carbocycles. The highest BCUT2D eigenvalue weighted by Crippen LogP contribution is 2.25. The number of carboxylic acid groups (broad SMARTS) is 2. The topological polar surface area (TPSA) is 542 Å². The van der Waals surface area contributed by atoms with E-state index in [1.807, 2.05) is 12.1 Å². The van der Waals surface area contributed by atoms with Crippen LogP contribution in [0.4, 0.5) is 0 Å². The number of aromatic amines is 1. The van der Waals surface area contributed by atoms with E-state index in [1.165, 1.54) is 54.7 Å². The number of aromatic nitrogens is 1. The number of H-pyrrole nitrogens is 1. The van der Waals surface area contributed by atoms with Crippen LogP contribution in [0.25, 0.3) is 10.9 Å². The molecule has 1 aromatic heterocycles. The number of thiol groups is 1. The molecule has 4 rings (SSSR count). The first-order valence-electron chi connectivity index (χ1n) is 36.6. The van der Waals surface area contributed by atoms with Gasteiger partial charge >= 0.3 is 18.1 Å². The molecule has 620 valence electrons. The molecule has 33 nitrogen and oxygen atoms in total. The Morgan fingerprint density at radius 3 is 1.53 bits per heavy atom. The summed E-state index contributed by atoms with van der Waals surface area (Å²) in [4.78, 5) is 218. The van der Waals surface area contributed by atoms with E-state index in [0.717, 1.165) is 10.9 Å². The quantitative estimate of drug-likeness (QED) is 0.0223. The van der Waals surface area contributed by atoms with Gasteiger partial charge in [0.2, 0.25) is 41.4 Å². The van der Waals surface area contributed by atoms with E-state index in [-0.39, 0.29) is 141 Å². The van der Waals surface area contributed by atoms with Gasteiger partial charge in [0.05, 0.1) is 95.9 Å². The summed E-state index contributed by atoms with van der Waals surface area (Å²) >= 11 is 6.70. The van der Waals surface area contributed by atoms with Crippen molar-refractivity contribution in [1.82, 2.24) is 31.6 Å². The number of hydrogen-bond acceptors (Lipinski definition) is 26. The first kappa shape index (κ1) is 97.7. The normalized spacial score (nSPS) is 13.7. The number of phenolic OH excluding ortho intramolecular Hbond substituents is 1. The summed E-state index contributed by atoms with van der Waals surface area (Å²) in [5.41, 5.74) is 19.4. The lowest BCUT2D eigenvalue weighted by molar-refractivity contribution is -0.192. The molecular formula is C77H105N9O24S3. The third kappa shape index (κ3) is 39.7. The second kappa shape index (κ2) is 55.0. The molecule has 4 aromatic rings. The maximum atomic E-state index is 14.7. The Bertz CT molecular complexity index is 3810. The molecular weight excluding hydrogens is 1530 g/mol. The lowest BCUT2D eigenvalue weighted by Crippen LogP contribution is -2.48. The maximum Gasteiger partial charge on any atom is 0.373 e. The number of Topliss-reactive ketones (excluding diaryl/α,β-unsaturated/α-hetero) is 6. The Morgan fingerprint density at radius 1 is 0.478 bits per heavy atom. The largest absolute Gasteiger partial charge is 0.508 e. The van der Waals surface area contributed by atoms with Crippen LogP contribution in [-0.4, -0.2) is 233 Å². The summed E-state index contributed by atoms with van der Waals surface area (Å²) < 4.78 is 22.0. The number of rotatable bonds is 61. The van der Waals surface area contributed by atoms with Crippen molar-refractivity contribution >= 4 is 141 Å². The Morgan fingerprint density at radius 2 is 0.956 bits per heavy atom. The van der Waals surface area contributed by atoms with Crippen molar-refractivity contribution in [2.24, 2.45) is 40.9 Å². The first-order chi connectivity index (χ1) is 53.9. The van der Waals surface area contributed by atoms with Gasteiger partial charge in [-0.3, -0.25) is 71.9 Å². The number of amides is 7. The number of benzene rings is 3. The predicted molar refractivity (Wildman–Crippen MR) is 418 cm³/mol. The molecule has 0 saturated heterocycles. The second-order valence-corrected chi connectivity index (χ2v) is 29.0. The number of aromatic hydroxyl groups is 1. The van der Waals surface area contributed by atoms with Crippen molar-refractivity contribution in [3.63, 3.8) is 0 Å². The summed E-state index contributed by atoms with van der Waals surface area (Å²) in [6.07, 6.45) is 1.03. The van der Waals surface area contributed by atoms with Gasteiger partial charge in [-0.25, -0.2) is 0 Å². The monoisotopic (exact) mass is 1640 g/mol. The molecule has 10 atom stereocenters. The Kier molecular flexibility index (Phi) is 47.6. The van der Waals surface area contributed by atoms with Crippen LogP contribution >= 0.6 is 36.2 Å². The van der Waals surface area contributed by atoms with Crippen LogP contribution in [0.3, 0.4) is 0 Å². The summed E-state index contributed by atoms with van der Waals surface area (Å²) in [5.74, 6) is -15.0. The van der Waals surface area contributed by atoms with Gasteiger partial charge in [0.1, 0.15) is 23.4 Å². The highest BCUT2D eigenvalue weighted by atomic mass is 32.2. The Hall–Kier alpha value is -9.52. The van der Waals surface area contributed by atoms with E-state index in [4.69, 9.17) is 45.7 Å². The fraction of sp³-hybridized carbons (Fsp3) is 0.532. The van der Waals surface area contributed by atoms with E-state index in [9.17, 15) is 87.2 Å². The third-order valence-electron chi connectivity index (χ3n) is 17.9. The average Bonchev–Trinajstić information content (AvgIpc) is 1.69. The van der Waals surface area contributed by atoms with Crippen molar-refractivity contribution in [2.75, 3.05) is 82.6 Å². The van der Waals surface area contributed by atoms with Crippen LogP contribution in [0.2, 0.25) is 0 Å². The molecule has 36 heteroatoms. The number of carbonyl (C=O) groups excluding carboxylic acids is 15.